The molecule has 6 heteroatoms. The molecule has 1 aromatic rings. The van der Waals surface area contributed by atoms with E-state index in [2.05, 4.69) is 12.2 Å². The minimum absolute atomic E-state index is 0.0291. The van der Waals surface area contributed by atoms with E-state index in [9.17, 15) is 9.59 Å². The molecule has 136 valence electrons. The van der Waals surface area contributed by atoms with Gasteiger partial charge in [-0.2, -0.15) is 0 Å². The van der Waals surface area contributed by atoms with Gasteiger partial charge in [0.25, 0.3) is 5.91 Å². The van der Waals surface area contributed by atoms with Crippen LogP contribution in [0.4, 0.5) is 0 Å². The summed E-state index contributed by atoms with van der Waals surface area (Å²) in [6.45, 7) is 2.84. The smallest absolute Gasteiger partial charge is 0.254 e. The number of nitrogens with one attached hydrogen (secondary N) is 1. The second kappa shape index (κ2) is 7.96. The largest absolute Gasteiger partial charge is 0.352 e. The summed E-state index contributed by atoms with van der Waals surface area (Å²) in [7, 11) is 0. The predicted molar refractivity (Wildman–Crippen MR) is 100 cm³/mol. The summed E-state index contributed by atoms with van der Waals surface area (Å²) >= 11 is 12.0. The molecule has 2 fully saturated rings. The van der Waals surface area contributed by atoms with Crippen LogP contribution in [-0.4, -0.2) is 35.3 Å². The molecule has 1 saturated carbocycles. The third-order valence-electron chi connectivity index (χ3n) is 5.29. The molecule has 1 heterocycles. The van der Waals surface area contributed by atoms with Gasteiger partial charge in [0.05, 0.1) is 0 Å². The van der Waals surface area contributed by atoms with Crippen LogP contribution in [0.15, 0.2) is 18.2 Å². The molecule has 3 rings (SSSR count). The highest BCUT2D eigenvalue weighted by molar-refractivity contribution is 6.35. The number of hydrogen-bond acceptors (Lipinski definition) is 2. The second-order valence-corrected chi connectivity index (χ2v) is 8.15. The Kier molecular flexibility index (Phi) is 5.90. The number of benzene rings is 1. The van der Waals surface area contributed by atoms with Gasteiger partial charge < -0.3 is 10.2 Å². The molecule has 1 atom stereocenters. The lowest BCUT2D eigenvalue weighted by Crippen LogP contribution is -2.49. The van der Waals surface area contributed by atoms with Crippen molar-refractivity contribution in [1.82, 2.24) is 10.2 Å². The van der Waals surface area contributed by atoms with E-state index in [1.54, 1.807) is 23.1 Å². The van der Waals surface area contributed by atoms with Crippen LogP contribution in [0.3, 0.4) is 0 Å². The van der Waals surface area contributed by atoms with Crippen molar-refractivity contribution >= 4 is 35.0 Å². The van der Waals surface area contributed by atoms with Gasteiger partial charge in [0, 0.05) is 28.2 Å². The number of carbonyl (C=O) groups excluding carboxylic acids is 2. The Morgan fingerprint density at radius 3 is 2.32 bits per heavy atom. The molecule has 2 amide bonds. The van der Waals surface area contributed by atoms with Crippen molar-refractivity contribution in [2.24, 2.45) is 5.92 Å². The number of hydrogen-bond donors (Lipinski definition) is 1. The molecule has 1 saturated heterocycles. The van der Waals surface area contributed by atoms with E-state index >= 15 is 0 Å². The molecular formula is C19H24Cl2N2O2. The van der Waals surface area contributed by atoms with E-state index in [0.29, 0.717) is 28.6 Å². The molecule has 0 bridgehead atoms. The van der Waals surface area contributed by atoms with Crippen molar-refractivity contribution < 1.29 is 9.59 Å². The fourth-order valence-corrected chi connectivity index (χ4v) is 4.35. The zero-order valence-electron chi connectivity index (χ0n) is 14.4. The van der Waals surface area contributed by atoms with Crippen LogP contribution in [0.25, 0.3) is 0 Å². The maximum absolute atomic E-state index is 12.8. The number of rotatable bonds is 3. The van der Waals surface area contributed by atoms with Crippen LogP contribution >= 0.6 is 23.2 Å². The SMILES string of the molecule is CC1CCC(NC(=O)C2CCCN2C(=O)c2cc(Cl)cc(Cl)c2)CC1. The monoisotopic (exact) mass is 382 g/mol. The highest BCUT2D eigenvalue weighted by Crippen LogP contribution is 2.26. The van der Waals surface area contributed by atoms with Crippen molar-refractivity contribution in [3.63, 3.8) is 0 Å². The van der Waals surface area contributed by atoms with Crippen LogP contribution in [0.1, 0.15) is 55.8 Å². The lowest BCUT2D eigenvalue weighted by molar-refractivity contribution is -0.125. The highest BCUT2D eigenvalue weighted by atomic mass is 35.5. The minimum atomic E-state index is -0.399. The molecule has 1 aliphatic heterocycles. The summed E-state index contributed by atoms with van der Waals surface area (Å²) in [6, 6.07) is 4.64. The average molecular weight is 383 g/mol. The Labute approximate surface area is 158 Å². The van der Waals surface area contributed by atoms with Crippen LogP contribution in [0, 0.1) is 5.92 Å². The van der Waals surface area contributed by atoms with Crippen molar-refractivity contribution in [1.29, 1.82) is 0 Å². The Morgan fingerprint density at radius 2 is 1.68 bits per heavy atom. The van der Waals surface area contributed by atoms with Gasteiger partial charge in [0.1, 0.15) is 6.04 Å². The zero-order chi connectivity index (χ0) is 18.0. The molecule has 4 nitrogen and oxygen atoms in total. The maximum Gasteiger partial charge on any atom is 0.254 e. The van der Waals surface area contributed by atoms with Crippen molar-refractivity contribution in [3.8, 4) is 0 Å². The Balaban J connectivity index is 1.67. The third kappa shape index (κ3) is 4.48. The number of nitrogens with zero attached hydrogens (tertiary/aromatic N) is 1. The summed E-state index contributed by atoms with van der Waals surface area (Å²) in [5.41, 5.74) is 0.434. The topological polar surface area (TPSA) is 49.4 Å². The standard InChI is InChI=1S/C19H24Cl2N2O2/c1-12-4-6-16(7-5-12)22-18(24)17-3-2-8-23(17)19(25)13-9-14(20)11-15(21)10-13/h9-12,16-17H,2-8H2,1H3,(H,22,24). The van der Waals surface area contributed by atoms with E-state index in [0.717, 1.165) is 38.0 Å². The third-order valence-corrected chi connectivity index (χ3v) is 5.72. The second-order valence-electron chi connectivity index (χ2n) is 7.28. The van der Waals surface area contributed by atoms with Gasteiger partial charge in [0.15, 0.2) is 0 Å². The van der Waals surface area contributed by atoms with Gasteiger partial charge in [0.2, 0.25) is 5.91 Å². The van der Waals surface area contributed by atoms with Crippen LogP contribution in [0.5, 0.6) is 0 Å². The van der Waals surface area contributed by atoms with E-state index in [1.807, 2.05) is 0 Å². The van der Waals surface area contributed by atoms with E-state index in [-0.39, 0.29) is 17.9 Å². The van der Waals surface area contributed by atoms with E-state index in [1.165, 1.54) is 0 Å². The number of amides is 2. The summed E-state index contributed by atoms with van der Waals surface area (Å²) < 4.78 is 0. The van der Waals surface area contributed by atoms with E-state index in [4.69, 9.17) is 23.2 Å². The first-order chi connectivity index (χ1) is 11.9. The molecule has 1 unspecified atom stereocenters. The quantitative estimate of drug-likeness (QED) is 0.847. The Bertz CT molecular complexity index is 637. The molecule has 1 aliphatic carbocycles. The predicted octanol–water partition coefficient (Wildman–Crippen LogP) is 4.29. The summed E-state index contributed by atoms with van der Waals surface area (Å²) in [5, 5.41) is 4.00. The van der Waals surface area contributed by atoms with Crippen molar-refractivity contribution in [2.45, 2.75) is 57.5 Å². The first-order valence-corrected chi connectivity index (χ1v) is 9.77. The van der Waals surface area contributed by atoms with Crippen molar-refractivity contribution in [2.75, 3.05) is 6.54 Å². The Hall–Kier alpha value is -1.26. The summed E-state index contributed by atoms with van der Waals surface area (Å²) in [5.74, 6) is 0.531. The summed E-state index contributed by atoms with van der Waals surface area (Å²) in [4.78, 5) is 27.2. The highest BCUT2D eigenvalue weighted by Gasteiger charge is 2.35. The number of halogens is 2. The normalized spacial score (nSPS) is 26.5. The van der Waals surface area contributed by atoms with Crippen molar-refractivity contribution in [3.05, 3.63) is 33.8 Å². The first-order valence-electron chi connectivity index (χ1n) is 9.01. The fraction of sp³-hybridized carbons (Fsp3) is 0.579. The molecular weight excluding hydrogens is 359 g/mol. The van der Waals surface area contributed by atoms with Gasteiger partial charge in [-0.15, -0.1) is 0 Å². The molecule has 2 aliphatic rings. The van der Waals surface area contributed by atoms with Gasteiger partial charge in [-0.25, -0.2) is 0 Å². The minimum Gasteiger partial charge on any atom is -0.352 e. The molecule has 0 spiro atoms. The molecule has 0 radical (unpaired) electrons. The molecule has 1 N–H and O–H groups in total. The summed E-state index contributed by atoms with van der Waals surface area (Å²) in [6.07, 6.45) is 5.89. The van der Waals surface area contributed by atoms with Crippen LogP contribution in [-0.2, 0) is 4.79 Å². The van der Waals surface area contributed by atoms with Gasteiger partial charge in [-0.1, -0.05) is 30.1 Å². The molecule has 25 heavy (non-hydrogen) atoms. The van der Waals surface area contributed by atoms with E-state index < -0.39 is 6.04 Å². The lowest BCUT2D eigenvalue weighted by atomic mass is 9.87. The number of carbonyl (C=O) groups is 2. The van der Waals surface area contributed by atoms with Crippen LogP contribution < -0.4 is 5.32 Å². The van der Waals surface area contributed by atoms with Gasteiger partial charge in [-0.05, 0) is 62.6 Å². The average Bonchev–Trinajstić information content (AvgIpc) is 3.05. The maximum atomic E-state index is 12.8. The molecule has 0 aromatic heterocycles. The zero-order valence-corrected chi connectivity index (χ0v) is 15.9. The first kappa shape index (κ1) is 18.5. The molecule has 1 aromatic carbocycles. The Morgan fingerprint density at radius 1 is 1.04 bits per heavy atom. The van der Waals surface area contributed by atoms with Gasteiger partial charge >= 0.3 is 0 Å². The van der Waals surface area contributed by atoms with Crippen LogP contribution in [0.2, 0.25) is 10.0 Å². The fourth-order valence-electron chi connectivity index (χ4n) is 3.83. The lowest BCUT2D eigenvalue weighted by Gasteiger charge is -2.30. The van der Waals surface area contributed by atoms with Gasteiger partial charge in [-0.3, -0.25) is 9.59 Å². The number of likely N-dealkylation sites (tertiary alicyclic amines) is 1.